The van der Waals surface area contributed by atoms with E-state index in [2.05, 4.69) is 32.6 Å². The van der Waals surface area contributed by atoms with Crippen molar-refractivity contribution in [2.75, 3.05) is 26.7 Å². The van der Waals surface area contributed by atoms with E-state index in [-0.39, 0.29) is 5.75 Å². The first kappa shape index (κ1) is 18.9. The predicted octanol–water partition coefficient (Wildman–Crippen LogP) is 3.87. The fourth-order valence-corrected chi connectivity index (χ4v) is 2.65. The van der Waals surface area contributed by atoms with Crippen LogP contribution in [0.1, 0.15) is 45.8 Å². The van der Waals surface area contributed by atoms with Crippen LogP contribution < -0.4 is 4.74 Å². The van der Waals surface area contributed by atoms with Crippen LogP contribution in [-0.4, -0.2) is 36.8 Å². The van der Waals surface area contributed by atoms with Crippen LogP contribution in [0.15, 0.2) is 18.2 Å². The van der Waals surface area contributed by atoms with E-state index in [1.54, 1.807) is 12.1 Å². The molecule has 22 heavy (non-hydrogen) atoms. The number of hydrogen-bond donors (Lipinski definition) is 1. The van der Waals surface area contributed by atoms with Crippen molar-refractivity contribution in [3.8, 4) is 5.75 Å². The average molecular weight is 311 g/mol. The molecule has 0 saturated heterocycles. The van der Waals surface area contributed by atoms with E-state index >= 15 is 0 Å². The zero-order valence-electron chi connectivity index (χ0n) is 14.5. The van der Waals surface area contributed by atoms with E-state index in [4.69, 9.17) is 4.74 Å². The third kappa shape index (κ3) is 6.32. The van der Waals surface area contributed by atoms with Crippen molar-refractivity contribution in [1.29, 1.82) is 0 Å². The Morgan fingerprint density at radius 2 is 1.73 bits per heavy atom. The fourth-order valence-electron chi connectivity index (χ4n) is 2.65. The SMILES string of the molecule is COc1ccc(C(O)CCN(CC(C)C)CC(C)C)cc1F. The van der Waals surface area contributed by atoms with Gasteiger partial charge in [0.05, 0.1) is 13.2 Å². The molecule has 126 valence electrons. The summed E-state index contributed by atoms with van der Waals surface area (Å²) in [5, 5.41) is 10.3. The summed E-state index contributed by atoms with van der Waals surface area (Å²) in [5.74, 6) is 0.959. The van der Waals surface area contributed by atoms with Crippen LogP contribution >= 0.6 is 0 Å². The number of halogens is 1. The molecule has 1 unspecified atom stereocenters. The summed E-state index contributed by atoms with van der Waals surface area (Å²) in [6, 6.07) is 4.65. The molecule has 1 N–H and O–H groups in total. The Kier molecular flexibility index (Phi) is 7.83. The largest absolute Gasteiger partial charge is 0.494 e. The standard InChI is InChI=1S/C18H30FNO2/c1-13(2)11-20(12-14(3)4)9-8-17(21)15-6-7-18(22-5)16(19)10-15/h6-7,10,13-14,17,21H,8-9,11-12H2,1-5H3. The first-order chi connectivity index (χ1) is 10.3. The molecule has 0 aliphatic carbocycles. The summed E-state index contributed by atoms with van der Waals surface area (Å²) < 4.78 is 18.6. The van der Waals surface area contributed by atoms with Gasteiger partial charge in [-0.2, -0.15) is 0 Å². The number of methoxy groups -OCH3 is 1. The van der Waals surface area contributed by atoms with E-state index in [1.165, 1.54) is 13.2 Å². The maximum absolute atomic E-state index is 13.7. The van der Waals surface area contributed by atoms with Crippen molar-refractivity contribution in [2.24, 2.45) is 11.8 Å². The van der Waals surface area contributed by atoms with Crippen molar-refractivity contribution in [3.05, 3.63) is 29.6 Å². The highest BCUT2D eigenvalue weighted by Crippen LogP contribution is 2.24. The molecule has 0 heterocycles. The molecule has 1 rings (SSSR count). The summed E-state index contributed by atoms with van der Waals surface area (Å²) in [4.78, 5) is 2.37. The van der Waals surface area contributed by atoms with Crippen molar-refractivity contribution in [1.82, 2.24) is 4.90 Å². The number of aliphatic hydroxyl groups excluding tert-OH is 1. The van der Waals surface area contributed by atoms with Crippen molar-refractivity contribution >= 4 is 0 Å². The number of hydrogen-bond acceptors (Lipinski definition) is 3. The van der Waals surface area contributed by atoms with Gasteiger partial charge in [0.25, 0.3) is 0 Å². The molecule has 0 bridgehead atoms. The Labute approximate surface area is 134 Å². The molecular weight excluding hydrogens is 281 g/mol. The molecule has 0 amide bonds. The second-order valence-corrected chi connectivity index (χ2v) is 6.75. The van der Waals surface area contributed by atoms with Gasteiger partial charge in [-0.05, 0) is 36.0 Å². The van der Waals surface area contributed by atoms with Gasteiger partial charge in [-0.15, -0.1) is 0 Å². The van der Waals surface area contributed by atoms with Gasteiger partial charge in [0.1, 0.15) is 0 Å². The van der Waals surface area contributed by atoms with Crippen LogP contribution in [0.2, 0.25) is 0 Å². The van der Waals surface area contributed by atoms with Crippen molar-refractivity contribution < 1.29 is 14.2 Å². The van der Waals surface area contributed by atoms with Crippen LogP contribution in [0.5, 0.6) is 5.75 Å². The summed E-state index contributed by atoms with van der Waals surface area (Å²) in [6.45, 7) is 11.6. The normalized spacial score (nSPS) is 13.2. The molecule has 0 saturated carbocycles. The van der Waals surface area contributed by atoms with Gasteiger partial charge in [-0.25, -0.2) is 4.39 Å². The Bertz CT molecular complexity index is 439. The first-order valence-electron chi connectivity index (χ1n) is 8.07. The Morgan fingerprint density at radius 1 is 1.14 bits per heavy atom. The lowest BCUT2D eigenvalue weighted by molar-refractivity contribution is 0.131. The maximum atomic E-state index is 13.7. The van der Waals surface area contributed by atoms with E-state index < -0.39 is 11.9 Å². The second kappa shape index (κ2) is 9.11. The lowest BCUT2D eigenvalue weighted by atomic mass is 10.0. The minimum absolute atomic E-state index is 0.206. The number of benzene rings is 1. The van der Waals surface area contributed by atoms with Gasteiger partial charge in [0, 0.05) is 19.6 Å². The topological polar surface area (TPSA) is 32.7 Å². The predicted molar refractivity (Wildman–Crippen MR) is 88.6 cm³/mol. The van der Waals surface area contributed by atoms with E-state index in [0.717, 1.165) is 19.6 Å². The van der Waals surface area contributed by atoms with Gasteiger partial charge in [-0.3, -0.25) is 0 Å². The molecule has 1 aromatic rings. The number of aliphatic hydroxyl groups is 1. The Balaban J connectivity index is 2.62. The van der Waals surface area contributed by atoms with Gasteiger partial charge >= 0.3 is 0 Å². The molecule has 4 heteroatoms. The van der Waals surface area contributed by atoms with Gasteiger partial charge in [-0.1, -0.05) is 33.8 Å². The summed E-state index contributed by atoms with van der Waals surface area (Å²) in [5.41, 5.74) is 0.604. The van der Waals surface area contributed by atoms with E-state index in [0.29, 0.717) is 23.8 Å². The highest BCUT2D eigenvalue weighted by Gasteiger charge is 2.15. The molecule has 0 radical (unpaired) electrons. The van der Waals surface area contributed by atoms with E-state index in [1.807, 2.05) is 0 Å². The number of rotatable bonds is 9. The van der Waals surface area contributed by atoms with Gasteiger partial charge < -0.3 is 14.7 Å². The second-order valence-electron chi connectivity index (χ2n) is 6.75. The van der Waals surface area contributed by atoms with Gasteiger partial charge in [0.15, 0.2) is 11.6 Å². The van der Waals surface area contributed by atoms with E-state index in [9.17, 15) is 9.50 Å². The average Bonchev–Trinajstić information content (AvgIpc) is 2.43. The molecule has 1 aromatic carbocycles. The smallest absolute Gasteiger partial charge is 0.165 e. The highest BCUT2D eigenvalue weighted by molar-refractivity contribution is 5.30. The molecule has 1 atom stereocenters. The van der Waals surface area contributed by atoms with Crippen LogP contribution in [0.3, 0.4) is 0 Å². The fraction of sp³-hybridized carbons (Fsp3) is 0.667. The van der Waals surface area contributed by atoms with Crippen LogP contribution in [-0.2, 0) is 0 Å². The molecule has 0 spiro atoms. The molecule has 0 aliphatic rings. The first-order valence-corrected chi connectivity index (χ1v) is 8.07. The highest BCUT2D eigenvalue weighted by atomic mass is 19.1. The zero-order chi connectivity index (χ0) is 16.7. The third-order valence-electron chi connectivity index (χ3n) is 3.53. The van der Waals surface area contributed by atoms with Crippen LogP contribution in [0.4, 0.5) is 4.39 Å². The van der Waals surface area contributed by atoms with Crippen molar-refractivity contribution in [2.45, 2.75) is 40.2 Å². The minimum Gasteiger partial charge on any atom is -0.494 e. The lowest BCUT2D eigenvalue weighted by Crippen LogP contribution is -2.33. The third-order valence-corrected chi connectivity index (χ3v) is 3.53. The van der Waals surface area contributed by atoms with Gasteiger partial charge in [0.2, 0.25) is 0 Å². The summed E-state index contributed by atoms with van der Waals surface area (Å²) in [7, 11) is 1.43. The summed E-state index contributed by atoms with van der Waals surface area (Å²) in [6.07, 6.45) is -0.0483. The Hall–Kier alpha value is -1.13. The van der Waals surface area contributed by atoms with Crippen LogP contribution in [0, 0.1) is 17.7 Å². The lowest BCUT2D eigenvalue weighted by Gasteiger charge is -2.27. The number of ether oxygens (including phenoxy) is 1. The van der Waals surface area contributed by atoms with Crippen LogP contribution in [0.25, 0.3) is 0 Å². The molecular formula is C18H30FNO2. The molecule has 0 aliphatic heterocycles. The maximum Gasteiger partial charge on any atom is 0.165 e. The van der Waals surface area contributed by atoms with Crippen molar-refractivity contribution in [3.63, 3.8) is 0 Å². The number of nitrogens with zero attached hydrogens (tertiary/aromatic N) is 1. The summed E-state index contributed by atoms with van der Waals surface area (Å²) >= 11 is 0. The molecule has 0 aromatic heterocycles. The Morgan fingerprint density at radius 3 is 2.18 bits per heavy atom. The molecule has 0 fully saturated rings. The molecule has 3 nitrogen and oxygen atoms in total. The minimum atomic E-state index is -0.651. The zero-order valence-corrected chi connectivity index (χ0v) is 14.5. The quantitative estimate of drug-likeness (QED) is 0.751. The monoisotopic (exact) mass is 311 g/mol.